The van der Waals surface area contributed by atoms with Crippen LogP contribution in [0.3, 0.4) is 0 Å². The number of rotatable bonds is 4. The summed E-state index contributed by atoms with van der Waals surface area (Å²) < 4.78 is 6.08. The molecule has 2 N–H and O–H groups in total. The number of hydrogen-bond acceptors (Lipinski definition) is 7. The lowest BCUT2D eigenvalue weighted by Crippen LogP contribution is -2.66. The van der Waals surface area contributed by atoms with Crippen molar-refractivity contribution in [1.82, 2.24) is 10.3 Å². The van der Waals surface area contributed by atoms with Crippen LogP contribution in [0.5, 0.6) is 5.75 Å². The lowest BCUT2D eigenvalue weighted by atomic mass is 9.88. The molecular formula is C24H29N5O3. The van der Waals surface area contributed by atoms with Crippen LogP contribution in [0.25, 0.3) is 11.1 Å². The van der Waals surface area contributed by atoms with Crippen molar-refractivity contribution in [2.45, 2.75) is 32.0 Å². The number of likely N-dealkylation sites (N-methyl/N-ethyl adjacent to an activating group) is 2. The summed E-state index contributed by atoms with van der Waals surface area (Å²) >= 11 is 0. The number of hydrogen-bond donors (Lipinski definition) is 2. The van der Waals surface area contributed by atoms with E-state index in [1.54, 1.807) is 0 Å². The molecule has 8 heteroatoms. The quantitative estimate of drug-likeness (QED) is 0.765. The van der Waals surface area contributed by atoms with Crippen LogP contribution in [0, 0.1) is 0 Å². The van der Waals surface area contributed by atoms with Gasteiger partial charge >= 0.3 is 0 Å². The molecule has 1 saturated heterocycles. The minimum atomic E-state index is -0.385. The Labute approximate surface area is 188 Å². The predicted octanol–water partition coefficient (Wildman–Crippen LogP) is 2.02. The Hall–Kier alpha value is -3.10. The van der Waals surface area contributed by atoms with Crippen LogP contribution in [0.4, 0.5) is 11.4 Å². The van der Waals surface area contributed by atoms with Gasteiger partial charge in [-0.15, -0.1) is 0 Å². The van der Waals surface area contributed by atoms with Gasteiger partial charge in [0.05, 0.1) is 17.8 Å². The van der Waals surface area contributed by atoms with E-state index >= 15 is 0 Å². The van der Waals surface area contributed by atoms with Gasteiger partial charge in [0, 0.05) is 31.4 Å². The van der Waals surface area contributed by atoms with Gasteiger partial charge in [-0.1, -0.05) is 24.3 Å². The first kappa shape index (κ1) is 20.8. The number of nitrogens with zero attached hydrogens (tertiary/aromatic N) is 4. The van der Waals surface area contributed by atoms with Gasteiger partial charge in [-0.05, 0) is 44.2 Å². The summed E-state index contributed by atoms with van der Waals surface area (Å²) in [5.41, 5.74) is 7.26. The third kappa shape index (κ3) is 3.13. The average molecular weight is 436 g/mol. The van der Waals surface area contributed by atoms with E-state index in [9.17, 15) is 9.90 Å². The Bertz CT molecular complexity index is 1110. The van der Waals surface area contributed by atoms with Crippen molar-refractivity contribution in [1.29, 1.82) is 0 Å². The molecule has 2 aromatic carbocycles. The SMILES string of the molecule is C[C@@H]1C(=O)NN=C2COc3cc(-c4ccccc4CO)c(N(C)C4(C)CN(C)C4)cc3N21. The van der Waals surface area contributed by atoms with E-state index in [0.717, 1.165) is 41.2 Å². The number of carbonyl (C=O) groups excluding carboxylic acids is 1. The van der Waals surface area contributed by atoms with E-state index in [2.05, 4.69) is 47.4 Å². The van der Waals surface area contributed by atoms with Crippen LogP contribution in [-0.4, -0.2) is 67.1 Å². The molecule has 0 unspecified atom stereocenters. The van der Waals surface area contributed by atoms with Crippen molar-refractivity contribution < 1.29 is 14.6 Å². The Morgan fingerprint density at radius 1 is 1.28 bits per heavy atom. The topological polar surface area (TPSA) is 80.6 Å². The maximum Gasteiger partial charge on any atom is 0.262 e. The predicted molar refractivity (Wildman–Crippen MR) is 125 cm³/mol. The second-order valence-corrected chi connectivity index (χ2v) is 9.22. The molecule has 3 aliphatic rings. The molecule has 5 rings (SSSR count). The molecule has 168 valence electrons. The molecule has 3 heterocycles. The molecule has 2 aromatic rings. The number of hydrazone groups is 1. The molecule has 0 bridgehead atoms. The third-order valence-electron chi connectivity index (χ3n) is 6.90. The van der Waals surface area contributed by atoms with Gasteiger partial charge in [-0.3, -0.25) is 4.79 Å². The number of fused-ring (bicyclic) bond motifs is 3. The Morgan fingerprint density at radius 2 is 2.03 bits per heavy atom. The zero-order valence-electron chi connectivity index (χ0n) is 18.9. The summed E-state index contributed by atoms with van der Waals surface area (Å²) in [6, 6.07) is 11.7. The average Bonchev–Trinajstić information content (AvgIpc) is 2.78. The number of ether oxygens (including phenoxy) is 1. The molecule has 0 radical (unpaired) electrons. The standard InChI is InChI=1S/C24H29N5O3/c1-15-23(31)26-25-22-12-32-21-9-18(17-8-6-5-7-16(17)11-30)19(10-20(21)29(15)22)28(4)24(2)13-27(3)14-24/h5-10,15,30H,11-14H2,1-4H3,(H,26,31)/t15-/m1/s1. The molecule has 0 saturated carbocycles. The number of nitrogens with one attached hydrogen (secondary N) is 1. The second-order valence-electron chi connectivity index (χ2n) is 9.22. The summed E-state index contributed by atoms with van der Waals surface area (Å²) in [6.45, 7) is 6.28. The van der Waals surface area contributed by atoms with Crippen molar-refractivity contribution in [3.05, 3.63) is 42.0 Å². The maximum atomic E-state index is 12.4. The summed E-state index contributed by atoms with van der Waals surface area (Å²) in [4.78, 5) is 18.9. The fourth-order valence-electron chi connectivity index (χ4n) is 5.09. The molecule has 8 nitrogen and oxygen atoms in total. The van der Waals surface area contributed by atoms with Gasteiger partial charge < -0.3 is 24.5 Å². The van der Waals surface area contributed by atoms with Gasteiger partial charge in [-0.2, -0.15) is 5.10 Å². The highest BCUT2D eigenvalue weighted by Gasteiger charge is 2.42. The van der Waals surface area contributed by atoms with E-state index in [1.165, 1.54) is 0 Å². The minimum Gasteiger partial charge on any atom is -0.483 e. The Kier molecular flexibility index (Phi) is 4.87. The number of amidine groups is 1. The maximum absolute atomic E-state index is 12.4. The van der Waals surface area contributed by atoms with E-state index < -0.39 is 0 Å². The first-order chi connectivity index (χ1) is 15.3. The lowest BCUT2D eigenvalue weighted by molar-refractivity contribution is -0.122. The fourth-order valence-corrected chi connectivity index (χ4v) is 5.09. The number of amides is 1. The summed E-state index contributed by atoms with van der Waals surface area (Å²) in [6.07, 6.45) is 0. The van der Waals surface area contributed by atoms with Crippen LogP contribution >= 0.6 is 0 Å². The number of aliphatic hydroxyl groups is 1. The van der Waals surface area contributed by atoms with Crippen molar-refractivity contribution in [2.24, 2.45) is 5.10 Å². The number of aliphatic hydroxyl groups excluding tert-OH is 1. The van der Waals surface area contributed by atoms with Crippen molar-refractivity contribution in [3.8, 4) is 16.9 Å². The van der Waals surface area contributed by atoms with E-state index in [-0.39, 0.29) is 30.7 Å². The fraction of sp³-hybridized carbons (Fsp3) is 0.417. The van der Waals surface area contributed by atoms with E-state index in [4.69, 9.17) is 4.74 Å². The van der Waals surface area contributed by atoms with Crippen LogP contribution in [0.1, 0.15) is 19.4 Å². The molecule has 0 aliphatic carbocycles. The normalized spacial score (nSPS) is 21.5. The molecule has 1 amide bonds. The zero-order valence-corrected chi connectivity index (χ0v) is 18.9. The van der Waals surface area contributed by atoms with Crippen molar-refractivity contribution in [3.63, 3.8) is 0 Å². The first-order valence-electron chi connectivity index (χ1n) is 10.9. The van der Waals surface area contributed by atoms with Gasteiger partial charge in [0.2, 0.25) is 0 Å². The Balaban J connectivity index is 1.70. The highest BCUT2D eigenvalue weighted by molar-refractivity contribution is 6.10. The highest BCUT2D eigenvalue weighted by Crippen LogP contribution is 2.46. The molecular weight excluding hydrogens is 406 g/mol. The lowest BCUT2D eigenvalue weighted by Gasteiger charge is -2.53. The van der Waals surface area contributed by atoms with Crippen LogP contribution < -0.4 is 20.0 Å². The highest BCUT2D eigenvalue weighted by atomic mass is 16.5. The summed E-state index contributed by atoms with van der Waals surface area (Å²) in [7, 11) is 4.24. The third-order valence-corrected chi connectivity index (χ3v) is 6.90. The van der Waals surface area contributed by atoms with E-state index in [0.29, 0.717) is 11.6 Å². The molecule has 32 heavy (non-hydrogen) atoms. The van der Waals surface area contributed by atoms with E-state index in [1.807, 2.05) is 42.2 Å². The van der Waals surface area contributed by atoms with Crippen LogP contribution in [0.2, 0.25) is 0 Å². The number of likely N-dealkylation sites (tertiary alicyclic amines) is 1. The number of benzene rings is 2. The molecule has 1 fully saturated rings. The van der Waals surface area contributed by atoms with Gasteiger partial charge in [0.1, 0.15) is 18.4 Å². The molecule has 3 aliphatic heterocycles. The van der Waals surface area contributed by atoms with Crippen molar-refractivity contribution >= 4 is 23.1 Å². The summed E-state index contributed by atoms with van der Waals surface area (Å²) in [5, 5.41) is 14.2. The minimum absolute atomic E-state index is 0.0246. The second kappa shape index (κ2) is 7.50. The largest absolute Gasteiger partial charge is 0.483 e. The van der Waals surface area contributed by atoms with Gasteiger partial charge in [0.25, 0.3) is 5.91 Å². The first-order valence-corrected chi connectivity index (χ1v) is 10.9. The summed E-state index contributed by atoms with van der Waals surface area (Å²) in [5.74, 6) is 1.26. The monoisotopic (exact) mass is 435 g/mol. The number of carbonyl (C=O) groups is 1. The van der Waals surface area contributed by atoms with Gasteiger partial charge in [-0.25, -0.2) is 5.43 Å². The van der Waals surface area contributed by atoms with Crippen molar-refractivity contribution in [2.75, 3.05) is 43.6 Å². The molecule has 0 spiro atoms. The molecule has 0 aromatic heterocycles. The van der Waals surface area contributed by atoms with Crippen LogP contribution in [-0.2, 0) is 11.4 Å². The Morgan fingerprint density at radius 3 is 2.75 bits per heavy atom. The van der Waals surface area contributed by atoms with Crippen LogP contribution in [0.15, 0.2) is 41.5 Å². The molecule has 1 atom stereocenters. The smallest absolute Gasteiger partial charge is 0.262 e. The number of anilines is 2. The zero-order chi connectivity index (χ0) is 22.6. The van der Waals surface area contributed by atoms with Gasteiger partial charge in [0.15, 0.2) is 5.84 Å².